The quantitative estimate of drug-likeness (QED) is 0.0912. The van der Waals surface area contributed by atoms with Gasteiger partial charge in [-0.1, -0.05) is 13.0 Å². The molecule has 0 saturated carbocycles. The van der Waals surface area contributed by atoms with Gasteiger partial charge in [0.05, 0.1) is 12.7 Å². The molecule has 0 aromatic carbocycles. The smallest absolute Gasteiger partial charge is 0.389 e. The fraction of sp³-hybridized carbons (Fsp3) is 0.625. The zero-order valence-electron chi connectivity index (χ0n) is 18.4. The minimum absolute atomic E-state index is 0.184. The van der Waals surface area contributed by atoms with Crippen molar-refractivity contribution in [3.63, 3.8) is 0 Å². The van der Waals surface area contributed by atoms with Gasteiger partial charge in [-0.05, 0) is 36.6 Å². The maximum atomic E-state index is 11.6. The molecule has 0 radical (unpaired) electrons. The summed E-state index contributed by atoms with van der Waals surface area (Å²) < 4.78 is 39.8. The number of aliphatic hydroxyl groups is 1. The summed E-state index contributed by atoms with van der Waals surface area (Å²) in [5.74, 6) is 0.117. The Labute approximate surface area is 201 Å². The van der Waals surface area contributed by atoms with E-state index in [1.807, 2.05) is 0 Å². The van der Waals surface area contributed by atoms with Gasteiger partial charge in [-0.15, -0.1) is 12.3 Å². The Hall–Kier alpha value is -0.810. The number of terminal acetylenes is 1. The van der Waals surface area contributed by atoms with E-state index >= 15 is 0 Å². The lowest BCUT2D eigenvalue weighted by atomic mass is 9.87. The molecule has 6 unspecified atom stereocenters. The van der Waals surface area contributed by atoms with E-state index in [9.17, 15) is 33.6 Å². The van der Waals surface area contributed by atoms with Crippen molar-refractivity contribution in [2.24, 2.45) is 11.8 Å². The molecule has 0 bridgehead atoms. The fourth-order valence-electron chi connectivity index (χ4n) is 2.49. The van der Waals surface area contributed by atoms with Crippen LogP contribution in [0.15, 0.2) is 12.2 Å². The second-order valence-corrected chi connectivity index (χ2v) is 12.5. The fourth-order valence-corrected chi connectivity index (χ4v) is 6.46. The number of phosphoric acid groups is 2. The molecule has 0 spiro atoms. The Kier molecular flexibility index (Phi) is 14.3. The second-order valence-electron chi connectivity index (χ2n) is 6.73. The van der Waals surface area contributed by atoms with Crippen molar-refractivity contribution in [3.8, 4) is 12.3 Å². The highest BCUT2D eigenvalue weighted by atomic mass is 32.5. The minimum Gasteiger partial charge on any atom is -0.389 e. The average molecular weight is 567 g/mol. The predicted octanol–water partition coefficient (Wildman–Crippen LogP) is 0.707. The van der Waals surface area contributed by atoms with Crippen LogP contribution in [-0.2, 0) is 48.4 Å². The molecule has 196 valence electrons. The first-order valence-corrected chi connectivity index (χ1v) is 15.0. The summed E-state index contributed by atoms with van der Waals surface area (Å²) >= 11 is 4.51. The average Bonchev–Trinajstić information content (AvgIpc) is 2.65. The maximum Gasteiger partial charge on any atom is 0.488 e. The molecule has 0 fully saturated rings. The van der Waals surface area contributed by atoms with Crippen LogP contribution in [0.2, 0.25) is 0 Å². The highest BCUT2D eigenvalue weighted by Gasteiger charge is 2.39. The summed E-state index contributed by atoms with van der Waals surface area (Å²) in [6.45, 7) is -2.28. The minimum atomic E-state index is -5.49. The normalized spacial score (nSPS) is 19.3. The highest BCUT2D eigenvalue weighted by molar-refractivity contribution is 8.08. The first kappa shape index (κ1) is 33.2. The number of imide groups is 1. The van der Waals surface area contributed by atoms with Gasteiger partial charge in [-0.3, -0.25) is 14.9 Å². The molecule has 0 saturated heterocycles. The van der Waals surface area contributed by atoms with Gasteiger partial charge in [0.1, 0.15) is 6.10 Å². The van der Waals surface area contributed by atoms with Crippen molar-refractivity contribution in [2.45, 2.75) is 38.9 Å². The number of carbonyl (C=O) groups is 2. The Morgan fingerprint density at radius 2 is 1.79 bits per heavy atom. The van der Waals surface area contributed by atoms with Gasteiger partial charge in [0.2, 0.25) is 11.8 Å². The first-order chi connectivity index (χ1) is 15.4. The van der Waals surface area contributed by atoms with E-state index in [4.69, 9.17) is 25.5 Å². The van der Waals surface area contributed by atoms with Crippen LogP contribution in [0.1, 0.15) is 26.7 Å². The summed E-state index contributed by atoms with van der Waals surface area (Å²) in [7, 11) is -9.77. The molecule has 2 amide bonds. The highest BCUT2D eigenvalue weighted by Crippen LogP contribution is 2.66. The molecule has 0 rings (SSSR count). The van der Waals surface area contributed by atoms with Crippen LogP contribution in [0.4, 0.5) is 0 Å². The van der Waals surface area contributed by atoms with Crippen LogP contribution < -0.4 is 5.32 Å². The predicted molar refractivity (Wildman–Crippen MR) is 122 cm³/mol. The van der Waals surface area contributed by atoms with Crippen molar-refractivity contribution in [2.75, 3.05) is 13.7 Å². The van der Waals surface area contributed by atoms with E-state index in [1.54, 1.807) is 6.92 Å². The molecule has 14 nitrogen and oxygen atoms in total. The lowest BCUT2D eigenvalue weighted by Crippen LogP contribution is -2.38. The lowest BCUT2D eigenvalue weighted by Gasteiger charge is -2.28. The van der Waals surface area contributed by atoms with E-state index in [-0.39, 0.29) is 12.3 Å². The molecule has 0 aromatic heterocycles. The third kappa shape index (κ3) is 14.6. The van der Waals surface area contributed by atoms with Gasteiger partial charge in [-0.25, -0.2) is 13.4 Å². The Balaban J connectivity index is 5.19. The van der Waals surface area contributed by atoms with Crippen LogP contribution in [0, 0.1) is 24.2 Å². The summed E-state index contributed by atoms with van der Waals surface area (Å²) in [6, 6.07) is 0. The third-order valence-corrected chi connectivity index (χ3v) is 8.75. The van der Waals surface area contributed by atoms with E-state index in [1.165, 1.54) is 26.2 Å². The zero-order chi connectivity index (χ0) is 26.7. The number of hydrogen-bond acceptors (Lipinski definition) is 10. The van der Waals surface area contributed by atoms with Crippen molar-refractivity contribution >= 4 is 46.0 Å². The van der Waals surface area contributed by atoms with Crippen molar-refractivity contribution in [1.29, 1.82) is 0 Å². The molecule has 0 aliphatic rings. The largest absolute Gasteiger partial charge is 0.488 e. The first-order valence-electron chi connectivity index (χ1n) is 9.40. The Morgan fingerprint density at radius 3 is 2.24 bits per heavy atom. The van der Waals surface area contributed by atoms with E-state index in [0.29, 0.717) is 6.42 Å². The van der Waals surface area contributed by atoms with Crippen LogP contribution in [0.3, 0.4) is 0 Å². The molecule has 0 aliphatic carbocycles. The number of ether oxygens (including phenoxy) is 1. The van der Waals surface area contributed by atoms with Crippen LogP contribution in [0.5, 0.6) is 0 Å². The number of rotatable bonds is 15. The number of carbonyl (C=O) groups excluding carboxylic acids is 2. The molecular formula is C16H28NO13P3S. The Bertz CT molecular complexity index is 914. The summed E-state index contributed by atoms with van der Waals surface area (Å²) in [6.07, 6.45) is 6.29. The van der Waals surface area contributed by atoms with Crippen LogP contribution in [-0.4, -0.2) is 62.4 Å². The number of aliphatic hydroxyl groups excluding tert-OH is 1. The lowest BCUT2D eigenvalue weighted by molar-refractivity contribution is -0.126. The van der Waals surface area contributed by atoms with Gasteiger partial charge < -0.3 is 33.9 Å². The third-order valence-electron chi connectivity index (χ3n) is 4.03. The van der Waals surface area contributed by atoms with Gasteiger partial charge in [-0.2, -0.15) is 4.31 Å². The van der Waals surface area contributed by atoms with Crippen molar-refractivity contribution in [1.82, 2.24) is 5.32 Å². The number of nitrogens with one attached hydrogen (secondary N) is 1. The standard InChI is InChI=1S/C16H28NO13P3S/c1-5-12(7-8-15(19)17-11(3)18)9-13(6-2)16(20)14(27-4)10-28-33(26,34)30-32(24,25)29-31(21,22)23/h2,7-8,12-14,16,20H,5,9-10H2,1,3-4H3,(H,24,25)(H,26,34)(H,17,18,19)(H2,21,22,23)/b8-7-. The molecule has 6 atom stereocenters. The molecule has 0 aromatic rings. The van der Waals surface area contributed by atoms with Gasteiger partial charge in [0.15, 0.2) is 0 Å². The molecule has 18 heteroatoms. The SMILES string of the molecule is C#CC(CC(/C=C\C(=O)NC(C)=O)CC)C(O)C(COP(O)(=S)OP(=O)(O)OP(=O)(O)O)OC. The molecular weight excluding hydrogens is 539 g/mol. The number of methoxy groups -OCH3 is 1. The molecule has 0 aliphatic heterocycles. The summed E-state index contributed by atoms with van der Waals surface area (Å²) in [5, 5.41) is 12.7. The van der Waals surface area contributed by atoms with Gasteiger partial charge in [0.25, 0.3) is 0 Å². The summed E-state index contributed by atoms with van der Waals surface area (Å²) in [5.41, 5.74) is 0. The molecule has 6 N–H and O–H groups in total. The number of amides is 2. The van der Waals surface area contributed by atoms with E-state index < -0.39 is 58.9 Å². The van der Waals surface area contributed by atoms with Crippen LogP contribution >= 0.6 is 22.4 Å². The summed E-state index contributed by atoms with van der Waals surface area (Å²) in [4.78, 5) is 58.9. The topological polar surface area (TPSA) is 218 Å². The Morgan fingerprint density at radius 1 is 1.21 bits per heavy atom. The monoisotopic (exact) mass is 567 g/mol. The van der Waals surface area contributed by atoms with Crippen LogP contribution in [0.25, 0.3) is 0 Å². The second kappa shape index (κ2) is 14.7. The zero-order valence-corrected chi connectivity index (χ0v) is 21.9. The van der Waals surface area contributed by atoms with Crippen molar-refractivity contribution < 1.29 is 61.3 Å². The molecule has 0 heterocycles. The molecule has 34 heavy (non-hydrogen) atoms. The van der Waals surface area contributed by atoms with Crippen molar-refractivity contribution in [3.05, 3.63) is 12.2 Å². The van der Waals surface area contributed by atoms with Gasteiger partial charge in [0, 0.05) is 20.0 Å². The maximum absolute atomic E-state index is 11.6. The number of hydrogen-bond donors (Lipinski definition) is 6. The number of allylic oxidation sites excluding steroid dienone is 1. The van der Waals surface area contributed by atoms with E-state index in [2.05, 4.69) is 31.7 Å². The van der Waals surface area contributed by atoms with Gasteiger partial charge >= 0.3 is 22.4 Å². The van der Waals surface area contributed by atoms with E-state index in [0.717, 1.165) is 0 Å².